The van der Waals surface area contributed by atoms with Gasteiger partial charge in [0.1, 0.15) is 0 Å². The number of aromatic nitrogens is 2. The minimum Gasteiger partial charge on any atom is -0.494 e. The van der Waals surface area contributed by atoms with Crippen LogP contribution in [0.25, 0.3) is 0 Å². The van der Waals surface area contributed by atoms with Gasteiger partial charge >= 0.3 is 0 Å². The summed E-state index contributed by atoms with van der Waals surface area (Å²) >= 11 is 0. The standard InChI is InChI=1S/C14H14FN3O2/c1-8-12(5-16-17-14(8)19)18-6-9-3-11(15)13(20-2)4-10(9)7-18/h3-5H,6-7H2,1-2H3,(H,17,19). The first-order valence-corrected chi connectivity index (χ1v) is 6.24. The Balaban J connectivity index is 1.98. The summed E-state index contributed by atoms with van der Waals surface area (Å²) in [5.41, 5.74) is 3.08. The van der Waals surface area contributed by atoms with Crippen LogP contribution >= 0.6 is 0 Å². The number of fused-ring (bicyclic) bond motifs is 1. The van der Waals surface area contributed by atoms with Gasteiger partial charge in [0.25, 0.3) is 5.56 Å². The third kappa shape index (κ3) is 1.93. The zero-order valence-electron chi connectivity index (χ0n) is 11.2. The highest BCUT2D eigenvalue weighted by atomic mass is 19.1. The van der Waals surface area contributed by atoms with E-state index in [-0.39, 0.29) is 17.1 Å². The minimum atomic E-state index is -0.367. The fourth-order valence-electron chi connectivity index (χ4n) is 2.49. The number of nitrogens with zero attached hydrogens (tertiary/aromatic N) is 2. The van der Waals surface area contributed by atoms with Crippen molar-refractivity contribution < 1.29 is 9.13 Å². The first-order valence-electron chi connectivity index (χ1n) is 6.24. The lowest BCUT2D eigenvalue weighted by Gasteiger charge is -2.18. The Morgan fingerprint density at radius 3 is 2.75 bits per heavy atom. The lowest BCUT2D eigenvalue weighted by molar-refractivity contribution is 0.386. The number of halogens is 1. The molecular weight excluding hydrogens is 261 g/mol. The summed E-state index contributed by atoms with van der Waals surface area (Å²) in [7, 11) is 1.45. The third-order valence-electron chi connectivity index (χ3n) is 3.61. The fraction of sp³-hybridized carbons (Fsp3) is 0.286. The van der Waals surface area contributed by atoms with E-state index < -0.39 is 0 Å². The van der Waals surface area contributed by atoms with Crippen LogP contribution in [0, 0.1) is 12.7 Å². The normalized spacial score (nSPS) is 13.4. The summed E-state index contributed by atoms with van der Waals surface area (Å²) in [6.45, 7) is 2.92. The zero-order valence-corrected chi connectivity index (χ0v) is 11.2. The van der Waals surface area contributed by atoms with E-state index in [9.17, 15) is 9.18 Å². The Kier molecular flexibility index (Phi) is 2.93. The second-order valence-electron chi connectivity index (χ2n) is 4.82. The maximum atomic E-state index is 13.7. The van der Waals surface area contributed by atoms with Crippen molar-refractivity contribution >= 4 is 5.69 Å². The first kappa shape index (κ1) is 12.7. The Hall–Kier alpha value is -2.37. The van der Waals surface area contributed by atoms with E-state index in [1.54, 1.807) is 19.2 Å². The van der Waals surface area contributed by atoms with Gasteiger partial charge in [-0.15, -0.1) is 0 Å². The molecule has 1 aliphatic rings. The van der Waals surface area contributed by atoms with Crippen LogP contribution in [0.15, 0.2) is 23.1 Å². The molecular formula is C14H14FN3O2. The molecule has 0 radical (unpaired) electrons. The molecule has 20 heavy (non-hydrogen) atoms. The molecule has 104 valence electrons. The van der Waals surface area contributed by atoms with Gasteiger partial charge in [0.05, 0.1) is 19.0 Å². The van der Waals surface area contributed by atoms with Crippen molar-refractivity contribution in [2.24, 2.45) is 0 Å². The van der Waals surface area contributed by atoms with Crippen molar-refractivity contribution in [1.82, 2.24) is 10.2 Å². The summed E-state index contributed by atoms with van der Waals surface area (Å²) in [6, 6.07) is 3.20. The minimum absolute atomic E-state index is 0.206. The third-order valence-corrected chi connectivity index (χ3v) is 3.61. The molecule has 0 spiro atoms. The second kappa shape index (κ2) is 4.63. The maximum Gasteiger partial charge on any atom is 0.269 e. The lowest BCUT2D eigenvalue weighted by Crippen LogP contribution is -2.21. The molecule has 1 aliphatic heterocycles. The summed E-state index contributed by atoms with van der Waals surface area (Å²) in [5, 5.41) is 6.23. The quantitative estimate of drug-likeness (QED) is 0.907. The number of methoxy groups -OCH3 is 1. The summed E-state index contributed by atoms with van der Waals surface area (Å²) in [6.07, 6.45) is 1.62. The predicted octanol–water partition coefficient (Wildman–Crippen LogP) is 1.75. The number of rotatable bonds is 2. The highest BCUT2D eigenvalue weighted by Crippen LogP contribution is 2.32. The molecule has 0 saturated heterocycles. The van der Waals surface area contributed by atoms with E-state index in [0.717, 1.165) is 16.8 Å². The van der Waals surface area contributed by atoms with Crippen molar-refractivity contribution in [3.63, 3.8) is 0 Å². The number of aromatic amines is 1. The largest absolute Gasteiger partial charge is 0.494 e. The van der Waals surface area contributed by atoms with Crippen LogP contribution in [0.2, 0.25) is 0 Å². The van der Waals surface area contributed by atoms with Gasteiger partial charge in [-0.2, -0.15) is 5.10 Å². The van der Waals surface area contributed by atoms with Crippen LogP contribution in [0.4, 0.5) is 10.1 Å². The Morgan fingerprint density at radius 2 is 2.05 bits per heavy atom. The molecule has 0 atom stereocenters. The van der Waals surface area contributed by atoms with Crippen molar-refractivity contribution in [2.75, 3.05) is 12.0 Å². The van der Waals surface area contributed by atoms with E-state index in [1.165, 1.54) is 13.2 Å². The van der Waals surface area contributed by atoms with Gasteiger partial charge in [-0.1, -0.05) is 0 Å². The van der Waals surface area contributed by atoms with E-state index >= 15 is 0 Å². The smallest absolute Gasteiger partial charge is 0.269 e. The van der Waals surface area contributed by atoms with Gasteiger partial charge in [0.15, 0.2) is 11.6 Å². The van der Waals surface area contributed by atoms with E-state index in [2.05, 4.69) is 10.2 Å². The SMILES string of the molecule is COc1cc2c(cc1F)CN(c1cn[nH]c(=O)c1C)C2. The summed E-state index contributed by atoms with van der Waals surface area (Å²) < 4.78 is 18.7. The molecule has 0 unspecified atom stereocenters. The van der Waals surface area contributed by atoms with Crippen molar-refractivity contribution in [1.29, 1.82) is 0 Å². The van der Waals surface area contributed by atoms with Gasteiger partial charge < -0.3 is 9.64 Å². The van der Waals surface area contributed by atoms with E-state index in [4.69, 9.17) is 4.74 Å². The van der Waals surface area contributed by atoms with Gasteiger partial charge in [-0.25, -0.2) is 9.49 Å². The van der Waals surface area contributed by atoms with Crippen LogP contribution in [0.5, 0.6) is 5.75 Å². The summed E-state index contributed by atoms with van der Waals surface area (Å²) in [5.74, 6) is -0.125. The fourth-order valence-corrected chi connectivity index (χ4v) is 2.49. The number of anilines is 1. The molecule has 2 aromatic rings. The van der Waals surface area contributed by atoms with Crippen molar-refractivity contribution in [3.8, 4) is 5.75 Å². The average molecular weight is 275 g/mol. The molecule has 0 aliphatic carbocycles. The highest BCUT2D eigenvalue weighted by molar-refractivity contribution is 5.55. The molecule has 0 amide bonds. The van der Waals surface area contributed by atoms with Gasteiger partial charge in [-0.05, 0) is 30.2 Å². The molecule has 0 saturated carbocycles. The van der Waals surface area contributed by atoms with E-state index in [1.807, 2.05) is 4.90 Å². The monoisotopic (exact) mass is 275 g/mol. The van der Waals surface area contributed by atoms with Crippen molar-refractivity contribution in [2.45, 2.75) is 20.0 Å². The second-order valence-corrected chi connectivity index (χ2v) is 4.82. The number of hydrogen-bond acceptors (Lipinski definition) is 4. The van der Waals surface area contributed by atoms with Gasteiger partial charge in [-0.3, -0.25) is 4.79 Å². The molecule has 0 fully saturated rings. The molecule has 5 nitrogen and oxygen atoms in total. The van der Waals surface area contributed by atoms with Crippen LogP contribution in [-0.2, 0) is 13.1 Å². The van der Waals surface area contributed by atoms with Gasteiger partial charge in [0.2, 0.25) is 0 Å². The van der Waals surface area contributed by atoms with Crippen LogP contribution in [0.3, 0.4) is 0 Å². The Bertz CT molecular complexity index is 727. The maximum absolute atomic E-state index is 13.7. The number of hydrogen-bond donors (Lipinski definition) is 1. The Morgan fingerprint density at radius 1 is 1.35 bits per heavy atom. The average Bonchev–Trinajstić information content (AvgIpc) is 2.83. The molecule has 1 aromatic carbocycles. The van der Waals surface area contributed by atoms with Gasteiger partial charge in [0, 0.05) is 18.7 Å². The van der Waals surface area contributed by atoms with Crippen molar-refractivity contribution in [3.05, 3.63) is 51.2 Å². The molecule has 0 bridgehead atoms. The van der Waals surface area contributed by atoms with E-state index in [0.29, 0.717) is 18.7 Å². The number of H-pyrrole nitrogens is 1. The topological polar surface area (TPSA) is 58.2 Å². The molecule has 1 aromatic heterocycles. The van der Waals surface area contributed by atoms with Crippen LogP contribution < -0.4 is 15.2 Å². The number of benzene rings is 1. The zero-order chi connectivity index (χ0) is 14.3. The highest BCUT2D eigenvalue weighted by Gasteiger charge is 2.23. The molecule has 1 N–H and O–H groups in total. The van der Waals surface area contributed by atoms with Crippen LogP contribution in [-0.4, -0.2) is 17.3 Å². The Labute approximate surface area is 115 Å². The first-order chi connectivity index (χ1) is 9.60. The summed E-state index contributed by atoms with van der Waals surface area (Å²) in [4.78, 5) is 13.6. The number of ether oxygens (including phenoxy) is 1. The molecule has 2 heterocycles. The molecule has 6 heteroatoms. The lowest BCUT2D eigenvalue weighted by atomic mass is 10.1. The molecule has 3 rings (SSSR count). The van der Waals surface area contributed by atoms with Crippen LogP contribution in [0.1, 0.15) is 16.7 Å². The number of nitrogens with one attached hydrogen (secondary N) is 1. The predicted molar refractivity (Wildman–Crippen MR) is 72.4 cm³/mol.